The minimum Gasteiger partial charge on any atom is -0.444 e. The molecule has 0 unspecified atom stereocenters. The zero-order valence-electron chi connectivity index (χ0n) is 24.5. The number of nitrogens with one attached hydrogen (secondary N) is 3. The van der Waals surface area contributed by atoms with E-state index >= 15 is 0 Å². The second-order valence-corrected chi connectivity index (χ2v) is 16.3. The van der Waals surface area contributed by atoms with Gasteiger partial charge in [-0.1, -0.05) is 41.5 Å². The van der Waals surface area contributed by atoms with Gasteiger partial charge in [-0.3, -0.25) is 0 Å². The smallest absolute Gasteiger partial charge is 0.407 e. The maximum Gasteiger partial charge on any atom is 0.407 e. The molecule has 2 aliphatic heterocycles. The highest BCUT2D eigenvalue weighted by molar-refractivity contribution is 7.87. The Morgan fingerprint density at radius 2 is 1.26 bits per heavy atom. The minimum atomic E-state index is -3.46. The Kier molecular flexibility index (Phi) is 14.0. The van der Waals surface area contributed by atoms with Gasteiger partial charge in [-0.25, -0.2) is 14.2 Å². The average molecular weight is 607 g/mol. The van der Waals surface area contributed by atoms with Gasteiger partial charge in [0.15, 0.2) is 0 Å². The van der Waals surface area contributed by atoms with Crippen LogP contribution in [0.1, 0.15) is 75.2 Å². The highest BCUT2D eigenvalue weighted by atomic mass is 35.5. The van der Waals surface area contributed by atoms with Gasteiger partial charge in [0.25, 0.3) is 20.4 Å². The third-order valence-corrected chi connectivity index (χ3v) is 9.21. The number of rotatable bonds is 5. The Balaban J connectivity index is 0.000000750. The van der Waals surface area contributed by atoms with E-state index in [0.29, 0.717) is 32.7 Å². The Morgan fingerprint density at radius 3 is 1.61 bits per heavy atom. The van der Waals surface area contributed by atoms with Crippen molar-refractivity contribution >= 4 is 38.9 Å². The standard InChI is InChI=1S/C14H29N3O4S.C9H21N3O2S.ClH/c1-13(2,3)11(16-12(18)21-14(4,5)6)10-17-9-7-8-15-22(17,19)20;1-9(2,3)8(10)7-12-6-4-5-11-15(12,13)14;/h11,15H,7-10H2,1-6H3,(H,16,18);8,11H,4-7,10H2,1-3H3;1H/t11-;8-;/m11./s1. The van der Waals surface area contributed by atoms with Crippen molar-refractivity contribution in [2.24, 2.45) is 16.6 Å². The van der Waals surface area contributed by atoms with Crippen LogP contribution in [0.4, 0.5) is 4.79 Å². The number of amides is 1. The number of hydrogen-bond donors (Lipinski definition) is 4. The Labute approximate surface area is 236 Å². The van der Waals surface area contributed by atoms with Gasteiger partial charge in [0.05, 0.1) is 6.04 Å². The van der Waals surface area contributed by atoms with Crippen LogP contribution < -0.4 is 20.5 Å². The van der Waals surface area contributed by atoms with Crippen molar-refractivity contribution in [3.63, 3.8) is 0 Å². The average Bonchev–Trinajstić information content (AvgIpc) is 2.68. The molecule has 38 heavy (non-hydrogen) atoms. The van der Waals surface area contributed by atoms with Gasteiger partial charge in [-0.05, 0) is 44.4 Å². The van der Waals surface area contributed by atoms with Crippen molar-refractivity contribution < 1.29 is 26.4 Å². The minimum absolute atomic E-state index is 0. The monoisotopic (exact) mass is 606 g/mol. The van der Waals surface area contributed by atoms with Crippen LogP contribution in [0.15, 0.2) is 0 Å². The summed E-state index contributed by atoms with van der Waals surface area (Å²) in [5.41, 5.74) is 5.00. The molecule has 0 saturated carbocycles. The molecule has 2 saturated heterocycles. The van der Waals surface area contributed by atoms with Gasteiger partial charge < -0.3 is 15.8 Å². The van der Waals surface area contributed by atoms with Gasteiger partial charge in [-0.15, -0.1) is 12.4 Å². The molecule has 0 aliphatic carbocycles. The summed E-state index contributed by atoms with van der Waals surface area (Å²) >= 11 is 0. The molecule has 0 aromatic carbocycles. The molecular formula is C23H51ClN6O6S2. The topological polar surface area (TPSA) is 163 Å². The molecule has 0 aromatic rings. The van der Waals surface area contributed by atoms with E-state index in [2.05, 4.69) is 14.8 Å². The fourth-order valence-corrected chi connectivity index (χ4v) is 6.01. The molecule has 2 atom stereocenters. The fraction of sp³-hybridized carbons (Fsp3) is 0.957. The maximum absolute atomic E-state index is 12.0. The van der Waals surface area contributed by atoms with Crippen molar-refractivity contribution in [1.82, 2.24) is 23.4 Å². The molecular weight excluding hydrogens is 556 g/mol. The number of hydrogen-bond acceptors (Lipinski definition) is 7. The van der Waals surface area contributed by atoms with Crippen LogP contribution >= 0.6 is 12.4 Å². The SMILES string of the molecule is CC(C)(C)OC(=O)N[C@H](CN1CCCNS1(=O)=O)C(C)(C)C.CC(C)(C)[C@H](N)CN1CCCNS1(=O)=O.Cl. The van der Waals surface area contributed by atoms with Crippen molar-refractivity contribution in [1.29, 1.82) is 0 Å². The second-order valence-electron chi connectivity index (χ2n) is 12.8. The Hall–Kier alpha value is -0.740. The number of nitrogens with two attached hydrogens (primary N) is 1. The lowest BCUT2D eigenvalue weighted by atomic mass is 9.86. The number of ether oxygens (including phenoxy) is 1. The van der Waals surface area contributed by atoms with E-state index in [-0.39, 0.29) is 41.9 Å². The third-order valence-electron chi connectivity index (χ3n) is 6.05. The van der Waals surface area contributed by atoms with Crippen LogP contribution in [0.2, 0.25) is 0 Å². The van der Waals surface area contributed by atoms with Crippen molar-refractivity contribution in [3.05, 3.63) is 0 Å². The van der Waals surface area contributed by atoms with Crippen LogP contribution in [0, 0.1) is 10.8 Å². The number of alkyl carbamates (subject to hydrolysis) is 1. The summed E-state index contributed by atoms with van der Waals surface area (Å²) in [4.78, 5) is 12.0. The van der Waals surface area contributed by atoms with E-state index in [1.165, 1.54) is 8.61 Å². The molecule has 0 spiro atoms. The molecule has 2 aliphatic rings. The summed E-state index contributed by atoms with van der Waals surface area (Å²) < 4.78 is 60.4. The molecule has 1 amide bonds. The van der Waals surface area contributed by atoms with Crippen LogP contribution in [-0.2, 0) is 25.2 Å². The van der Waals surface area contributed by atoms with E-state index in [9.17, 15) is 21.6 Å². The van der Waals surface area contributed by atoms with Crippen molar-refractivity contribution in [3.8, 4) is 0 Å². The first-order valence-electron chi connectivity index (χ1n) is 12.8. The van der Waals surface area contributed by atoms with Crippen molar-refractivity contribution in [2.75, 3.05) is 39.3 Å². The summed E-state index contributed by atoms with van der Waals surface area (Å²) in [6.45, 7) is 19.9. The third kappa shape index (κ3) is 13.1. The lowest BCUT2D eigenvalue weighted by molar-refractivity contribution is 0.0451. The highest BCUT2D eigenvalue weighted by Crippen LogP contribution is 2.23. The van der Waals surface area contributed by atoms with Gasteiger partial charge in [-0.2, -0.15) is 25.4 Å². The van der Waals surface area contributed by atoms with Gasteiger partial charge in [0.1, 0.15) is 5.60 Å². The van der Waals surface area contributed by atoms with Crippen LogP contribution in [0.3, 0.4) is 0 Å². The summed E-state index contributed by atoms with van der Waals surface area (Å²) in [7, 11) is -6.73. The molecule has 228 valence electrons. The Bertz CT molecular complexity index is 958. The first kappa shape index (κ1) is 37.3. The highest BCUT2D eigenvalue weighted by Gasteiger charge is 2.35. The summed E-state index contributed by atoms with van der Waals surface area (Å²) in [6, 6.07) is -0.496. The summed E-state index contributed by atoms with van der Waals surface area (Å²) in [5.74, 6) is 0. The molecule has 2 fully saturated rings. The summed E-state index contributed by atoms with van der Waals surface area (Å²) in [5, 5.41) is 2.80. The van der Waals surface area contributed by atoms with E-state index in [4.69, 9.17) is 10.5 Å². The molecule has 0 bridgehead atoms. The maximum atomic E-state index is 12.0. The zero-order chi connectivity index (χ0) is 28.9. The Morgan fingerprint density at radius 1 is 0.842 bits per heavy atom. The predicted molar refractivity (Wildman–Crippen MR) is 154 cm³/mol. The fourth-order valence-electron chi connectivity index (χ4n) is 3.40. The van der Waals surface area contributed by atoms with Crippen molar-refractivity contribution in [2.45, 2.75) is 92.8 Å². The van der Waals surface area contributed by atoms with E-state index in [1.54, 1.807) is 20.8 Å². The number of nitrogens with zero attached hydrogens (tertiary/aromatic N) is 2. The first-order chi connectivity index (χ1) is 16.5. The molecule has 2 rings (SSSR count). The van der Waals surface area contributed by atoms with Crippen LogP contribution in [0.25, 0.3) is 0 Å². The predicted octanol–water partition coefficient (Wildman–Crippen LogP) is 1.79. The van der Waals surface area contributed by atoms with Gasteiger partial charge in [0, 0.05) is 45.3 Å². The van der Waals surface area contributed by atoms with Crippen LogP contribution in [-0.4, -0.2) is 88.5 Å². The second kappa shape index (κ2) is 14.2. The van der Waals surface area contributed by atoms with Crippen LogP contribution in [0.5, 0.6) is 0 Å². The summed E-state index contributed by atoms with van der Waals surface area (Å²) in [6.07, 6.45) is 1.06. The van der Waals surface area contributed by atoms with Gasteiger partial charge >= 0.3 is 6.09 Å². The molecule has 5 N–H and O–H groups in total. The number of carbonyl (C=O) groups is 1. The molecule has 0 aromatic heterocycles. The molecule has 12 nitrogen and oxygen atoms in total. The normalized spacial score (nSPS) is 22.2. The lowest BCUT2D eigenvalue weighted by Crippen LogP contribution is -2.56. The lowest BCUT2D eigenvalue weighted by Gasteiger charge is -2.37. The molecule has 15 heteroatoms. The largest absolute Gasteiger partial charge is 0.444 e. The zero-order valence-corrected chi connectivity index (χ0v) is 26.9. The van der Waals surface area contributed by atoms with Gasteiger partial charge in [0.2, 0.25) is 0 Å². The van der Waals surface area contributed by atoms with E-state index < -0.39 is 32.1 Å². The van der Waals surface area contributed by atoms with E-state index in [0.717, 1.165) is 12.8 Å². The number of carbonyl (C=O) groups excluding carboxylic acids is 1. The first-order valence-corrected chi connectivity index (χ1v) is 15.7. The molecule has 2 heterocycles. The van der Waals surface area contributed by atoms with E-state index in [1.807, 2.05) is 41.5 Å². The quantitative estimate of drug-likeness (QED) is 0.370. The number of halogens is 1. The molecule has 0 radical (unpaired) electrons.